The van der Waals surface area contributed by atoms with Crippen LogP contribution in [0, 0.1) is 5.82 Å². The predicted octanol–water partition coefficient (Wildman–Crippen LogP) is 0.809. The fourth-order valence-electron chi connectivity index (χ4n) is 2.18. The maximum atomic E-state index is 13.3. The number of hydrogen-bond acceptors (Lipinski definition) is 4. The molecule has 1 aliphatic rings. The van der Waals surface area contributed by atoms with Crippen LogP contribution in [0.15, 0.2) is 21.5 Å². The van der Waals surface area contributed by atoms with Crippen molar-refractivity contribution in [1.82, 2.24) is 4.31 Å². The lowest BCUT2D eigenvalue weighted by atomic mass is 10.2. The smallest absolute Gasteiger partial charge is 0.245 e. The molecule has 0 aliphatic carbocycles. The summed E-state index contributed by atoms with van der Waals surface area (Å²) in [5.74, 6) is -1.42. The maximum Gasteiger partial charge on any atom is 0.245 e. The fourth-order valence-corrected chi connectivity index (χ4v) is 4.86. The third-order valence-corrected chi connectivity index (χ3v) is 6.04. The second-order valence-electron chi connectivity index (χ2n) is 4.48. The molecule has 1 atom stereocenters. The highest BCUT2D eigenvalue weighted by Gasteiger charge is 2.39. The van der Waals surface area contributed by atoms with Crippen molar-refractivity contribution >= 4 is 37.5 Å². The summed E-state index contributed by atoms with van der Waals surface area (Å²) in [6.07, 6.45) is 0.921. The molecule has 1 aliphatic heterocycles. The molecule has 9 heteroatoms. The third-order valence-electron chi connectivity index (χ3n) is 3.17. The number of anilines is 1. The van der Waals surface area contributed by atoms with E-state index in [9.17, 15) is 17.6 Å². The fraction of sp³-hybridized carbons (Fsp3) is 0.364. The largest absolute Gasteiger partial charge is 0.396 e. The van der Waals surface area contributed by atoms with Crippen LogP contribution in [0.2, 0.25) is 0 Å². The standard InChI is InChI=1S/C11H13BrFN3O3S/c12-6-4-7(13)8(14)5-10(6)20(18,19)16-3-1-2-9(16)11(15)17/h4-5,9H,1-3,14H2,(H2,15,17). The number of rotatable bonds is 3. The molecule has 20 heavy (non-hydrogen) atoms. The lowest BCUT2D eigenvalue weighted by molar-refractivity contribution is -0.121. The van der Waals surface area contributed by atoms with Crippen LogP contribution in [0.4, 0.5) is 10.1 Å². The number of carbonyl (C=O) groups is 1. The second-order valence-corrected chi connectivity index (χ2v) is 7.19. The van der Waals surface area contributed by atoms with Crippen LogP contribution >= 0.6 is 15.9 Å². The first-order valence-electron chi connectivity index (χ1n) is 5.81. The van der Waals surface area contributed by atoms with Gasteiger partial charge in [0.2, 0.25) is 15.9 Å². The van der Waals surface area contributed by atoms with E-state index in [1.807, 2.05) is 0 Å². The van der Waals surface area contributed by atoms with Crippen molar-refractivity contribution in [3.05, 3.63) is 22.4 Å². The Morgan fingerprint density at radius 2 is 2.10 bits per heavy atom. The first kappa shape index (κ1) is 15.2. The minimum Gasteiger partial charge on any atom is -0.396 e. The van der Waals surface area contributed by atoms with Gasteiger partial charge in [-0.3, -0.25) is 4.79 Å². The van der Waals surface area contributed by atoms with Crippen LogP contribution in [0.25, 0.3) is 0 Å². The average Bonchev–Trinajstić information content (AvgIpc) is 2.83. The monoisotopic (exact) mass is 365 g/mol. The first-order chi connectivity index (χ1) is 9.25. The van der Waals surface area contributed by atoms with Crippen LogP contribution < -0.4 is 11.5 Å². The normalized spacial score (nSPS) is 20.2. The van der Waals surface area contributed by atoms with Crippen molar-refractivity contribution in [2.45, 2.75) is 23.8 Å². The van der Waals surface area contributed by atoms with E-state index in [2.05, 4.69) is 15.9 Å². The molecule has 0 bridgehead atoms. The number of primary amides is 1. The van der Waals surface area contributed by atoms with E-state index in [4.69, 9.17) is 11.5 Å². The van der Waals surface area contributed by atoms with Crippen LogP contribution in [0.5, 0.6) is 0 Å². The van der Waals surface area contributed by atoms with E-state index in [1.165, 1.54) is 0 Å². The van der Waals surface area contributed by atoms with Gasteiger partial charge in [0.05, 0.1) is 10.6 Å². The Hall–Kier alpha value is -1.19. The second kappa shape index (κ2) is 5.30. The quantitative estimate of drug-likeness (QED) is 0.772. The van der Waals surface area contributed by atoms with Gasteiger partial charge < -0.3 is 11.5 Å². The van der Waals surface area contributed by atoms with Gasteiger partial charge in [-0.2, -0.15) is 4.31 Å². The molecule has 0 aromatic heterocycles. The van der Waals surface area contributed by atoms with Crippen LogP contribution in [-0.4, -0.2) is 31.2 Å². The number of nitrogens with zero attached hydrogens (tertiary/aromatic N) is 1. The molecule has 2 rings (SSSR count). The summed E-state index contributed by atoms with van der Waals surface area (Å²) in [5.41, 5.74) is 10.3. The molecule has 0 saturated carbocycles. The van der Waals surface area contributed by atoms with Gasteiger partial charge in [0.25, 0.3) is 0 Å². The van der Waals surface area contributed by atoms with E-state index in [1.54, 1.807) is 0 Å². The van der Waals surface area contributed by atoms with Crippen molar-refractivity contribution in [3.8, 4) is 0 Å². The predicted molar refractivity (Wildman–Crippen MR) is 74.6 cm³/mol. The van der Waals surface area contributed by atoms with Crippen LogP contribution in [-0.2, 0) is 14.8 Å². The number of carbonyl (C=O) groups excluding carboxylic acids is 1. The van der Waals surface area contributed by atoms with Gasteiger partial charge in [0, 0.05) is 11.0 Å². The number of sulfonamides is 1. The molecule has 1 aromatic carbocycles. The SMILES string of the molecule is NC(=O)C1CCCN1S(=O)(=O)c1cc(N)c(F)cc1Br. The van der Waals surface area contributed by atoms with Crippen molar-refractivity contribution in [1.29, 1.82) is 0 Å². The average molecular weight is 366 g/mol. The molecule has 1 aromatic rings. The number of hydrogen-bond donors (Lipinski definition) is 2. The number of halogens is 2. The van der Waals surface area contributed by atoms with Gasteiger partial charge in [0.15, 0.2) is 0 Å². The molecule has 6 nitrogen and oxygen atoms in total. The zero-order valence-corrected chi connectivity index (χ0v) is 12.7. The zero-order valence-electron chi connectivity index (χ0n) is 10.3. The maximum absolute atomic E-state index is 13.3. The van der Waals surface area contributed by atoms with Crippen LogP contribution in [0.1, 0.15) is 12.8 Å². The van der Waals surface area contributed by atoms with Gasteiger partial charge in [-0.1, -0.05) is 0 Å². The molecular weight excluding hydrogens is 353 g/mol. The van der Waals surface area contributed by atoms with Crippen molar-refractivity contribution in [3.63, 3.8) is 0 Å². The molecule has 110 valence electrons. The number of amides is 1. The van der Waals surface area contributed by atoms with E-state index < -0.39 is 27.8 Å². The highest BCUT2D eigenvalue weighted by atomic mass is 79.9. The molecule has 1 unspecified atom stereocenters. The Bertz CT molecular complexity index is 665. The Morgan fingerprint density at radius 3 is 2.70 bits per heavy atom. The van der Waals surface area contributed by atoms with E-state index in [-0.39, 0.29) is 21.6 Å². The number of nitrogen functional groups attached to an aromatic ring is 1. The lowest BCUT2D eigenvalue weighted by Gasteiger charge is -2.22. The summed E-state index contributed by atoms with van der Waals surface area (Å²) in [6.45, 7) is 0.194. The molecule has 0 spiro atoms. The van der Waals surface area contributed by atoms with Crippen LogP contribution in [0.3, 0.4) is 0 Å². The number of nitrogens with two attached hydrogens (primary N) is 2. The summed E-state index contributed by atoms with van der Waals surface area (Å²) in [6, 6.07) is 1.14. The highest BCUT2D eigenvalue weighted by Crippen LogP contribution is 2.32. The van der Waals surface area contributed by atoms with Gasteiger partial charge >= 0.3 is 0 Å². The third kappa shape index (κ3) is 2.52. The van der Waals surface area contributed by atoms with E-state index in [0.29, 0.717) is 12.8 Å². The first-order valence-corrected chi connectivity index (χ1v) is 8.04. The minimum atomic E-state index is -3.96. The van der Waals surface area contributed by atoms with Crippen molar-refractivity contribution in [2.24, 2.45) is 5.73 Å². The van der Waals surface area contributed by atoms with E-state index in [0.717, 1.165) is 16.4 Å². The Morgan fingerprint density at radius 1 is 1.45 bits per heavy atom. The summed E-state index contributed by atoms with van der Waals surface area (Å²) in [7, 11) is -3.96. The minimum absolute atomic E-state index is 0.0549. The molecule has 1 heterocycles. The van der Waals surface area contributed by atoms with E-state index >= 15 is 0 Å². The molecule has 1 amide bonds. The highest BCUT2D eigenvalue weighted by molar-refractivity contribution is 9.10. The molecule has 0 radical (unpaired) electrons. The summed E-state index contributed by atoms with van der Waals surface area (Å²) in [4.78, 5) is 11.1. The number of benzene rings is 1. The molecule has 1 fully saturated rings. The summed E-state index contributed by atoms with van der Waals surface area (Å²) in [5, 5.41) is 0. The van der Waals surface area contributed by atoms with Gasteiger partial charge in [-0.25, -0.2) is 12.8 Å². The zero-order chi connectivity index (χ0) is 15.1. The van der Waals surface area contributed by atoms with Gasteiger partial charge in [0.1, 0.15) is 11.9 Å². The summed E-state index contributed by atoms with van der Waals surface area (Å²) < 4.78 is 39.5. The van der Waals surface area contributed by atoms with Gasteiger partial charge in [-0.05, 0) is 40.9 Å². The topological polar surface area (TPSA) is 106 Å². The summed E-state index contributed by atoms with van der Waals surface area (Å²) >= 11 is 3.00. The Labute approximate surface area is 124 Å². The lowest BCUT2D eigenvalue weighted by Crippen LogP contribution is -2.43. The Kier molecular flexibility index (Phi) is 4.03. The molecule has 4 N–H and O–H groups in total. The molecule has 1 saturated heterocycles. The Balaban J connectivity index is 2.50. The van der Waals surface area contributed by atoms with Crippen molar-refractivity contribution < 1.29 is 17.6 Å². The van der Waals surface area contributed by atoms with Gasteiger partial charge in [-0.15, -0.1) is 0 Å². The van der Waals surface area contributed by atoms with Crippen molar-refractivity contribution in [2.75, 3.05) is 12.3 Å². The molecular formula is C11H13BrFN3O3S.